The van der Waals surface area contributed by atoms with Crippen LogP contribution in [0.15, 0.2) is 29.2 Å². The summed E-state index contributed by atoms with van der Waals surface area (Å²) < 4.78 is 26.4. The monoisotopic (exact) mass is 329 g/mol. The number of benzene rings is 1. The van der Waals surface area contributed by atoms with Gasteiger partial charge in [0.05, 0.1) is 4.90 Å². The molecule has 0 saturated carbocycles. The third-order valence-electron chi connectivity index (χ3n) is 2.93. The Morgan fingerprint density at radius 1 is 1.43 bits per heavy atom. The topological polar surface area (TPSA) is 74.7 Å². The number of carboxylic acid groups (broad SMARTS) is 1. The van der Waals surface area contributed by atoms with Crippen LogP contribution in [0.1, 0.15) is 11.1 Å². The van der Waals surface area contributed by atoms with E-state index in [1.165, 1.54) is 16.4 Å². The van der Waals surface area contributed by atoms with Gasteiger partial charge >= 0.3 is 5.97 Å². The van der Waals surface area contributed by atoms with Crippen LogP contribution in [0, 0.1) is 6.92 Å². The van der Waals surface area contributed by atoms with Crippen molar-refractivity contribution in [1.82, 2.24) is 4.31 Å². The summed E-state index contributed by atoms with van der Waals surface area (Å²) in [6.45, 7) is 2.15. The van der Waals surface area contributed by atoms with Crippen LogP contribution in [0.5, 0.6) is 0 Å². The molecular weight excluding hydrogens is 310 g/mol. The first kappa shape index (κ1) is 17.7. The predicted octanol–water partition coefficient (Wildman–Crippen LogP) is 2.08. The quantitative estimate of drug-likeness (QED) is 0.775. The Kier molecular flexibility index (Phi) is 6.44. The molecule has 0 radical (unpaired) electrons. The van der Waals surface area contributed by atoms with Crippen molar-refractivity contribution in [2.45, 2.75) is 11.8 Å². The van der Waals surface area contributed by atoms with Gasteiger partial charge in [-0.05, 0) is 36.4 Å². The molecule has 5 nitrogen and oxygen atoms in total. The van der Waals surface area contributed by atoms with Gasteiger partial charge in [-0.3, -0.25) is 0 Å². The molecule has 1 aromatic carbocycles. The van der Waals surface area contributed by atoms with Gasteiger partial charge in [0.15, 0.2) is 0 Å². The average molecular weight is 329 g/mol. The Balaban J connectivity index is 3.16. The Hall–Kier alpha value is -1.31. The van der Waals surface area contributed by atoms with E-state index in [0.29, 0.717) is 23.4 Å². The second-order valence-corrected chi connectivity index (χ2v) is 7.51. The fourth-order valence-electron chi connectivity index (χ4n) is 1.67. The normalized spacial score (nSPS) is 12.2. The van der Waals surface area contributed by atoms with Gasteiger partial charge in [-0.25, -0.2) is 17.5 Å². The van der Waals surface area contributed by atoms with Crippen LogP contribution < -0.4 is 0 Å². The molecule has 21 heavy (non-hydrogen) atoms. The molecule has 0 heterocycles. The maximum atomic E-state index is 12.5. The molecule has 0 saturated heterocycles. The van der Waals surface area contributed by atoms with Crippen LogP contribution in [0.4, 0.5) is 0 Å². The number of carbonyl (C=O) groups is 1. The first-order chi connectivity index (χ1) is 9.78. The van der Waals surface area contributed by atoms with E-state index in [2.05, 4.69) is 0 Å². The van der Waals surface area contributed by atoms with Crippen molar-refractivity contribution in [3.63, 3.8) is 0 Å². The largest absolute Gasteiger partial charge is 0.478 e. The lowest BCUT2D eigenvalue weighted by Crippen LogP contribution is -2.29. The van der Waals surface area contributed by atoms with E-state index in [4.69, 9.17) is 5.11 Å². The van der Waals surface area contributed by atoms with Gasteiger partial charge in [-0.15, -0.1) is 0 Å². The van der Waals surface area contributed by atoms with Crippen molar-refractivity contribution in [3.05, 3.63) is 35.4 Å². The first-order valence-corrected chi connectivity index (χ1v) is 9.09. The Morgan fingerprint density at radius 2 is 2.10 bits per heavy atom. The second kappa shape index (κ2) is 7.63. The number of aliphatic carboxylic acids is 1. The van der Waals surface area contributed by atoms with Gasteiger partial charge in [0.25, 0.3) is 0 Å². The fourth-order valence-corrected chi connectivity index (χ4v) is 3.67. The Labute approximate surface area is 129 Å². The van der Waals surface area contributed by atoms with Crippen molar-refractivity contribution in [3.8, 4) is 0 Å². The number of carboxylic acids is 1. The molecule has 7 heteroatoms. The zero-order chi connectivity index (χ0) is 16.0. The fraction of sp³-hybridized carbons (Fsp3) is 0.357. The standard InChI is InChI=1S/C14H19NO4S2/c1-11-4-5-12(6-7-14(16)17)10-13(11)21(18,19)15(2)8-9-20-3/h4-7,10H,8-9H2,1-3H3,(H,16,17)/b7-6+. The summed E-state index contributed by atoms with van der Waals surface area (Å²) in [4.78, 5) is 10.7. The highest BCUT2D eigenvalue weighted by Crippen LogP contribution is 2.21. The van der Waals surface area contributed by atoms with Gasteiger partial charge in [-0.2, -0.15) is 11.8 Å². The number of hydrogen-bond donors (Lipinski definition) is 1. The zero-order valence-electron chi connectivity index (χ0n) is 12.2. The summed E-state index contributed by atoms with van der Waals surface area (Å²) in [7, 11) is -2.02. The first-order valence-electron chi connectivity index (χ1n) is 6.26. The lowest BCUT2D eigenvalue weighted by Gasteiger charge is -2.18. The molecule has 0 spiro atoms. The third-order valence-corrected chi connectivity index (χ3v) is 5.52. The second-order valence-electron chi connectivity index (χ2n) is 4.52. The van der Waals surface area contributed by atoms with Crippen LogP contribution in [0.2, 0.25) is 0 Å². The van der Waals surface area contributed by atoms with Gasteiger partial charge < -0.3 is 5.11 Å². The highest BCUT2D eigenvalue weighted by molar-refractivity contribution is 7.98. The van der Waals surface area contributed by atoms with Crippen LogP contribution in [-0.2, 0) is 14.8 Å². The molecule has 1 N–H and O–H groups in total. The molecule has 116 valence electrons. The summed E-state index contributed by atoms with van der Waals surface area (Å²) in [6.07, 6.45) is 4.28. The minimum absolute atomic E-state index is 0.207. The number of hydrogen-bond acceptors (Lipinski definition) is 4. The van der Waals surface area contributed by atoms with E-state index in [1.54, 1.807) is 37.9 Å². The summed E-state index contributed by atoms with van der Waals surface area (Å²) in [5.41, 5.74) is 1.18. The SMILES string of the molecule is CSCCN(C)S(=O)(=O)c1cc(/C=C/C(=O)O)ccc1C. The maximum absolute atomic E-state index is 12.5. The van der Waals surface area contributed by atoms with Crippen LogP contribution in [0.25, 0.3) is 6.08 Å². The average Bonchev–Trinajstić information content (AvgIpc) is 2.43. The Morgan fingerprint density at radius 3 is 2.67 bits per heavy atom. The molecule has 0 unspecified atom stereocenters. The van der Waals surface area contributed by atoms with E-state index in [9.17, 15) is 13.2 Å². The van der Waals surface area contributed by atoms with Gasteiger partial charge in [0, 0.05) is 25.4 Å². The number of aryl methyl sites for hydroxylation is 1. The lowest BCUT2D eigenvalue weighted by molar-refractivity contribution is -0.131. The van der Waals surface area contributed by atoms with Crippen molar-refractivity contribution in [1.29, 1.82) is 0 Å². The number of rotatable bonds is 7. The van der Waals surface area contributed by atoms with E-state index in [0.717, 1.165) is 6.08 Å². The molecule has 0 fully saturated rings. The Bertz CT molecular complexity index is 638. The minimum Gasteiger partial charge on any atom is -0.478 e. The molecule has 0 aliphatic heterocycles. The van der Waals surface area contributed by atoms with Crippen molar-refractivity contribution >= 4 is 33.8 Å². The number of sulfonamides is 1. The smallest absolute Gasteiger partial charge is 0.328 e. The van der Waals surface area contributed by atoms with Crippen molar-refractivity contribution in [2.24, 2.45) is 0 Å². The van der Waals surface area contributed by atoms with E-state index in [-0.39, 0.29) is 4.90 Å². The molecule has 1 rings (SSSR count). The zero-order valence-corrected chi connectivity index (χ0v) is 13.9. The van der Waals surface area contributed by atoms with E-state index in [1.807, 2.05) is 6.26 Å². The highest BCUT2D eigenvalue weighted by atomic mass is 32.2. The summed E-state index contributed by atoms with van der Waals surface area (Å²) in [6, 6.07) is 4.87. The van der Waals surface area contributed by atoms with Crippen LogP contribution in [-0.4, -0.2) is 49.4 Å². The molecule has 0 aliphatic rings. The number of nitrogens with zero attached hydrogens (tertiary/aromatic N) is 1. The summed E-state index contributed by atoms with van der Waals surface area (Å²) in [5, 5.41) is 8.63. The van der Waals surface area contributed by atoms with Gasteiger partial charge in [0.2, 0.25) is 10.0 Å². The predicted molar refractivity (Wildman–Crippen MR) is 86.0 cm³/mol. The van der Waals surface area contributed by atoms with Gasteiger partial charge in [-0.1, -0.05) is 12.1 Å². The van der Waals surface area contributed by atoms with Crippen LogP contribution in [0.3, 0.4) is 0 Å². The molecule has 0 aromatic heterocycles. The van der Waals surface area contributed by atoms with Crippen LogP contribution >= 0.6 is 11.8 Å². The summed E-state index contributed by atoms with van der Waals surface area (Å²) >= 11 is 1.58. The summed E-state index contributed by atoms with van der Waals surface area (Å²) in [5.74, 6) is -0.356. The molecule has 1 aromatic rings. The maximum Gasteiger partial charge on any atom is 0.328 e. The molecule has 0 bridgehead atoms. The van der Waals surface area contributed by atoms with E-state index < -0.39 is 16.0 Å². The molecular formula is C14H19NO4S2. The van der Waals surface area contributed by atoms with Crippen molar-refractivity contribution in [2.75, 3.05) is 25.6 Å². The van der Waals surface area contributed by atoms with Gasteiger partial charge in [0.1, 0.15) is 0 Å². The minimum atomic E-state index is -3.56. The highest BCUT2D eigenvalue weighted by Gasteiger charge is 2.22. The lowest BCUT2D eigenvalue weighted by atomic mass is 10.1. The third kappa shape index (κ3) is 4.87. The number of thioether (sulfide) groups is 1. The van der Waals surface area contributed by atoms with Crippen molar-refractivity contribution < 1.29 is 18.3 Å². The van der Waals surface area contributed by atoms with E-state index >= 15 is 0 Å². The molecule has 0 atom stereocenters. The molecule has 0 aliphatic carbocycles. The molecule has 0 amide bonds.